The molecule has 0 saturated carbocycles. The van der Waals surface area contributed by atoms with Gasteiger partial charge in [0.1, 0.15) is 5.69 Å². The van der Waals surface area contributed by atoms with E-state index in [0.29, 0.717) is 5.56 Å². The minimum atomic E-state index is -0.854. The van der Waals surface area contributed by atoms with Gasteiger partial charge < -0.3 is 10.8 Å². The molecule has 98 valence electrons. The number of nitro benzene ring substituents is 1. The lowest BCUT2D eigenvalue weighted by Crippen LogP contribution is -2.12. The maximum atomic E-state index is 11.2. The van der Waals surface area contributed by atoms with Crippen molar-refractivity contribution in [2.75, 3.05) is 0 Å². The fraction of sp³-hybridized carbons (Fsp3) is 0.100. The molecule has 9 heteroatoms. The molecular weight excluding hydrogens is 254 g/mol. The molecule has 0 aliphatic heterocycles. The molecule has 19 heavy (non-hydrogen) atoms. The normalized spacial score (nSPS) is 10.4. The lowest BCUT2D eigenvalue weighted by atomic mass is 10.0. The Morgan fingerprint density at radius 2 is 2.16 bits per heavy atom. The molecule has 9 nitrogen and oxygen atoms in total. The van der Waals surface area contributed by atoms with Crippen LogP contribution in [0.25, 0.3) is 11.3 Å². The number of carbonyl (C=O) groups excluding carboxylic acids is 1. The van der Waals surface area contributed by atoms with Crippen LogP contribution in [0.3, 0.4) is 0 Å². The second-order valence-corrected chi connectivity index (χ2v) is 3.82. The number of primary amides is 1. The monoisotopic (exact) mass is 263 g/mol. The fourth-order valence-corrected chi connectivity index (χ4v) is 1.67. The summed E-state index contributed by atoms with van der Waals surface area (Å²) in [7, 11) is 0. The number of nitrogens with zero attached hydrogens (tertiary/aromatic N) is 3. The molecular formula is C10H9N5O4. The number of aromatic nitrogens is 3. The number of aromatic hydroxyl groups is 1. The van der Waals surface area contributed by atoms with E-state index < -0.39 is 22.3 Å². The highest BCUT2D eigenvalue weighted by Crippen LogP contribution is 2.37. The Hall–Kier alpha value is -2.97. The number of H-pyrrole nitrogens is 1. The van der Waals surface area contributed by atoms with Crippen LogP contribution in [0.1, 0.15) is 16.1 Å². The SMILES string of the molecule is Cc1cc(-c2n[nH]nc2C(N)=O)c(O)c([N+](=O)[O-])c1. The summed E-state index contributed by atoms with van der Waals surface area (Å²) in [4.78, 5) is 21.3. The van der Waals surface area contributed by atoms with E-state index in [-0.39, 0.29) is 17.0 Å². The zero-order valence-corrected chi connectivity index (χ0v) is 9.75. The summed E-state index contributed by atoms with van der Waals surface area (Å²) in [5, 5.41) is 30.1. The standard InChI is InChI=1S/C10H9N5O4/c1-4-2-5(9(16)6(3-4)15(18)19)7-8(10(11)17)13-14-12-7/h2-3,16H,1H3,(H2,11,17)(H,12,13,14). The van der Waals surface area contributed by atoms with Crippen LogP contribution in [0.4, 0.5) is 5.69 Å². The number of hydrogen-bond donors (Lipinski definition) is 3. The van der Waals surface area contributed by atoms with Crippen molar-refractivity contribution < 1.29 is 14.8 Å². The Labute approximate surface area is 106 Å². The van der Waals surface area contributed by atoms with E-state index in [1.807, 2.05) is 0 Å². The number of benzene rings is 1. The minimum Gasteiger partial charge on any atom is -0.502 e. The highest BCUT2D eigenvalue weighted by molar-refractivity contribution is 5.97. The van der Waals surface area contributed by atoms with Gasteiger partial charge in [-0.2, -0.15) is 15.4 Å². The predicted molar refractivity (Wildman–Crippen MR) is 63.4 cm³/mol. The second kappa shape index (κ2) is 4.37. The first-order valence-corrected chi connectivity index (χ1v) is 5.10. The smallest absolute Gasteiger partial charge is 0.311 e. The summed E-state index contributed by atoms with van der Waals surface area (Å²) in [6.07, 6.45) is 0. The summed E-state index contributed by atoms with van der Waals surface area (Å²) in [5.74, 6) is -1.45. The molecule has 0 fully saturated rings. The first kappa shape index (κ1) is 12.5. The molecule has 1 amide bonds. The molecule has 0 saturated heterocycles. The van der Waals surface area contributed by atoms with Crippen molar-refractivity contribution in [2.45, 2.75) is 6.92 Å². The van der Waals surface area contributed by atoms with Crippen molar-refractivity contribution >= 4 is 11.6 Å². The van der Waals surface area contributed by atoms with E-state index in [4.69, 9.17) is 5.73 Å². The van der Waals surface area contributed by atoms with Crippen molar-refractivity contribution in [3.8, 4) is 17.0 Å². The van der Waals surface area contributed by atoms with Gasteiger partial charge in [-0.15, -0.1) is 0 Å². The Morgan fingerprint density at radius 3 is 2.74 bits per heavy atom. The number of aromatic amines is 1. The molecule has 1 aromatic carbocycles. The van der Waals surface area contributed by atoms with Gasteiger partial charge in [0.25, 0.3) is 5.91 Å². The number of carbonyl (C=O) groups is 1. The maximum Gasteiger partial charge on any atom is 0.311 e. The van der Waals surface area contributed by atoms with Crippen molar-refractivity contribution in [3.63, 3.8) is 0 Å². The molecule has 4 N–H and O–H groups in total. The molecule has 0 radical (unpaired) electrons. The van der Waals surface area contributed by atoms with Crippen LogP contribution in [-0.4, -0.2) is 31.3 Å². The number of nitrogens with one attached hydrogen (secondary N) is 1. The maximum absolute atomic E-state index is 11.2. The highest BCUT2D eigenvalue weighted by atomic mass is 16.6. The summed E-state index contributed by atoms with van der Waals surface area (Å²) < 4.78 is 0. The summed E-state index contributed by atoms with van der Waals surface area (Å²) >= 11 is 0. The van der Waals surface area contributed by atoms with Gasteiger partial charge in [-0.25, -0.2) is 0 Å². The van der Waals surface area contributed by atoms with Crippen LogP contribution < -0.4 is 5.73 Å². The molecule has 1 heterocycles. The molecule has 0 aliphatic carbocycles. The zero-order chi connectivity index (χ0) is 14.2. The van der Waals surface area contributed by atoms with Crippen LogP contribution in [0.2, 0.25) is 0 Å². The van der Waals surface area contributed by atoms with E-state index in [9.17, 15) is 20.0 Å². The Kier molecular flexibility index (Phi) is 2.87. The van der Waals surface area contributed by atoms with Crippen LogP contribution >= 0.6 is 0 Å². The molecule has 0 bridgehead atoms. The number of nitro groups is 1. The van der Waals surface area contributed by atoms with Crippen LogP contribution in [0.15, 0.2) is 12.1 Å². The summed E-state index contributed by atoms with van der Waals surface area (Å²) in [6, 6.07) is 2.66. The van der Waals surface area contributed by atoms with Gasteiger partial charge in [-0.05, 0) is 18.6 Å². The van der Waals surface area contributed by atoms with Gasteiger partial charge >= 0.3 is 5.69 Å². The first-order valence-electron chi connectivity index (χ1n) is 5.10. The Morgan fingerprint density at radius 1 is 1.47 bits per heavy atom. The Balaban J connectivity index is 2.72. The molecule has 0 spiro atoms. The topological polar surface area (TPSA) is 148 Å². The number of rotatable bonds is 3. The fourth-order valence-electron chi connectivity index (χ4n) is 1.67. The van der Waals surface area contributed by atoms with Crippen LogP contribution in [0.5, 0.6) is 5.75 Å². The number of hydrogen-bond acceptors (Lipinski definition) is 6. The highest BCUT2D eigenvalue weighted by Gasteiger charge is 2.24. The molecule has 2 aromatic rings. The van der Waals surface area contributed by atoms with Gasteiger partial charge in [0.05, 0.1) is 10.5 Å². The number of aryl methyl sites for hydroxylation is 1. The molecule has 1 aromatic heterocycles. The van der Waals surface area contributed by atoms with Crippen LogP contribution in [-0.2, 0) is 0 Å². The lowest BCUT2D eigenvalue weighted by molar-refractivity contribution is -0.385. The quantitative estimate of drug-likeness (QED) is 0.542. The number of amides is 1. The molecule has 0 atom stereocenters. The van der Waals surface area contributed by atoms with Gasteiger partial charge in [0, 0.05) is 6.07 Å². The van der Waals surface area contributed by atoms with Gasteiger partial charge in [0.15, 0.2) is 5.69 Å². The third kappa shape index (κ3) is 2.08. The minimum absolute atomic E-state index is 0.0225. The summed E-state index contributed by atoms with van der Waals surface area (Å²) in [6.45, 7) is 1.61. The van der Waals surface area contributed by atoms with E-state index in [1.54, 1.807) is 6.92 Å². The third-order valence-electron chi connectivity index (χ3n) is 2.47. The predicted octanol–water partition coefficient (Wildman–Crippen LogP) is 0.493. The van der Waals surface area contributed by atoms with E-state index >= 15 is 0 Å². The first-order chi connectivity index (χ1) is 8.91. The van der Waals surface area contributed by atoms with Crippen molar-refractivity contribution in [1.82, 2.24) is 15.4 Å². The van der Waals surface area contributed by atoms with Crippen LogP contribution in [0, 0.1) is 17.0 Å². The zero-order valence-electron chi connectivity index (χ0n) is 9.75. The largest absolute Gasteiger partial charge is 0.502 e. The third-order valence-corrected chi connectivity index (χ3v) is 2.47. The van der Waals surface area contributed by atoms with Crippen molar-refractivity contribution in [1.29, 1.82) is 0 Å². The van der Waals surface area contributed by atoms with Gasteiger partial charge in [-0.1, -0.05) is 0 Å². The molecule has 0 unspecified atom stereocenters. The van der Waals surface area contributed by atoms with E-state index in [0.717, 1.165) is 0 Å². The average Bonchev–Trinajstić information content (AvgIpc) is 2.80. The lowest BCUT2D eigenvalue weighted by Gasteiger charge is -2.04. The van der Waals surface area contributed by atoms with E-state index in [2.05, 4.69) is 15.4 Å². The van der Waals surface area contributed by atoms with Gasteiger partial charge in [0.2, 0.25) is 5.75 Å². The van der Waals surface area contributed by atoms with E-state index in [1.165, 1.54) is 12.1 Å². The summed E-state index contributed by atoms with van der Waals surface area (Å²) in [5.41, 5.74) is 4.95. The molecule has 0 aliphatic rings. The number of phenolic OH excluding ortho intramolecular Hbond substituents is 1. The second-order valence-electron chi connectivity index (χ2n) is 3.82. The van der Waals surface area contributed by atoms with Gasteiger partial charge in [-0.3, -0.25) is 14.9 Å². The average molecular weight is 263 g/mol. The molecule has 2 rings (SSSR count). The number of nitrogens with two attached hydrogens (primary N) is 1. The van der Waals surface area contributed by atoms with Crippen molar-refractivity contribution in [2.24, 2.45) is 5.73 Å². The Bertz CT molecular complexity index is 679. The number of phenols is 1. The van der Waals surface area contributed by atoms with Crippen molar-refractivity contribution in [3.05, 3.63) is 33.5 Å².